The van der Waals surface area contributed by atoms with Gasteiger partial charge in [0, 0.05) is 23.1 Å². The molecule has 168 valence electrons. The zero-order valence-corrected chi connectivity index (χ0v) is 19.3. The molecule has 1 aliphatic heterocycles. The third kappa shape index (κ3) is 5.15. The smallest absolute Gasteiger partial charge is 0.251 e. The maximum atomic E-state index is 12.5. The summed E-state index contributed by atoms with van der Waals surface area (Å²) in [5.41, 5.74) is 2.52. The number of benzene rings is 2. The van der Waals surface area contributed by atoms with Crippen molar-refractivity contribution in [2.75, 3.05) is 20.3 Å². The summed E-state index contributed by atoms with van der Waals surface area (Å²) < 4.78 is 17.2. The second-order valence-electron chi connectivity index (χ2n) is 7.87. The highest BCUT2D eigenvalue weighted by atomic mass is 35.5. The molecule has 8 heteroatoms. The molecule has 0 unspecified atom stereocenters. The van der Waals surface area contributed by atoms with Crippen LogP contribution in [0.2, 0.25) is 10.0 Å². The maximum Gasteiger partial charge on any atom is 0.251 e. The van der Waals surface area contributed by atoms with E-state index >= 15 is 0 Å². The van der Waals surface area contributed by atoms with Crippen molar-refractivity contribution in [1.29, 1.82) is 0 Å². The minimum Gasteiger partial charge on any atom is -0.497 e. The van der Waals surface area contributed by atoms with Crippen molar-refractivity contribution < 1.29 is 19.0 Å². The predicted octanol–water partition coefficient (Wildman–Crippen LogP) is 4.90. The number of aromatic nitrogens is 1. The normalized spacial score (nSPS) is 19.5. The molecule has 0 bridgehead atoms. The first-order chi connectivity index (χ1) is 15.4. The van der Waals surface area contributed by atoms with Crippen molar-refractivity contribution in [3.8, 4) is 5.75 Å². The Bertz CT molecular complexity index is 1120. The van der Waals surface area contributed by atoms with Crippen LogP contribution in [0, 0.1) is 5.92 Å². The minimum absolute atomic E-state index is 0.110. The van der Waals surface area contributed by atoms with Gasteiger partial charge in [-0.15, -0.1) is 0 Å². The van der Waals surface area contributed by atoms with Crippen LogP contribution in [-0.4, -0.2) is 43.5 Å². The third-order valence-electron chi connectivity index (χ3n) is 5.49. The van der Waals surface area contributed by atoms with Gasteiger partial charge in [0.1, 0.15) is 5.75 Å². The quantitative estimate of drug-likeness (QED) is 0.549. The van der Waals surface area contributed by atoms with E-state index in [0.29, 0.717) is 28.8 Å². The average molecular weight is 475 g/mol. The molecule has 0 aliphatic carbocycles. The van der Waals surface area contributed by atoms with E-state index in [1.807, 2.05) is 30.5 Å². The van der Waals surface area contributed by atoms with E-state index in [4.69, 9.17) is 37.4 Å². The van der Waals surface area contributed by atoms with Crippen molar-refractivity contribution in [1.82, 2.24) is 10.3 Å². The van der Waals surface area contributed by atoms with Gasteiger partial charge in [0.15, 0.2) is 6.29 Å². The molecule has 2 heterocycles. The van der Waals surface area contributed by atoms with Gasteiger partial charge in [0.2, 0.25) is 0 Å². The number of hydrogen-bond donors (Lipinski definition) is 1. The Morgan fingerprint density at radius 2 is 1.94 bits per heavy atom. The SMILES string of the molecule is COc1ccc2nccc(C[C@@H](C)[C@H]3OC[C@H](NC(=O)c4ccc(Cl)c(Cl)c4)CO3)c2c1. The summed E-state index contributed by atoms with van der Waals surface area (Å²) in [6.45, 7) is 2.83. The van der Waals surface area contributed by atoms with Crippen LogP contribution in [0.5, 0.6) is 5.75 Å². The Balaban J connectivity index is 1.35. The fraction of sp³-hybridized carbons (Fsp3) is 0.333. The van der Waals surface area contributed by atoms with Gasteiger partial charge < -0.3 is 19.5 Å². The fourth-order valence-electron chi connectivity index (χ4n) is 3.77. The van der Waals surface area contributed by atoms with Crippen LogP contribution in [0.15, 0.2) is 48.7 Å². The fourth-order valence-corrected chi connectivity index (χ4v) is 4.06. The molecule has 4 rings (SSSR count). The number of halogens is 2. The number of rotatable bonds is 6. The standard InChI is InChI=1S/C24H24Cl2N2O4/c1-14(9-15-7-8-27-22-6-4-18(30-2)11-19(15)22)24-31-12-17(13-32-24)28-23(29)16-3-5-20(25)21(26)10-16/h3-8,10-11,14,17,24H,9,12-13H2,1-2H3,(H,28,29)/t14-,17-,24-/m1/s1. The molecule has 2 aromatic carbocycles. The molecule has 6 nitrogen and oxygen atoms in total. The lowest BCUT2D eigenvalue weighted by molar-refractivity contribution is -0.210. The van der Waals surface area contributed by atoms with Crippen LogP contribution in [0.1, 0.15) is 22.8 Å². The Hall–Kier alpha value is -2.38. The molecule has 3 aromatic rings. The molecule has 1 saturated heterocycles. The maximum absolute atomic E-state index is 12.5. The van der Waals surface area contributed by atoms with Crippen molar-refractivity contribution in [3.63, 3.8) is 0 Å². The molecular weight excluding hydrogens is 451 g/mol. The predicted molar refractivity (Wildman–Crippen MR) is 125 cm³/mol. The summed E-state index contributed by atoms with van der Waals surface area (Å²) >= 11 is 11.9. The lowest BCUT2D eigenvalue weighted by Crippen LogP contribution is -2.48. The van der Waals surface area contributed by atoms with Crippen LogP contribution in [0.3, 0.4) is 0 Å². The van der Waals surface area contributed by atoms with Gasteiger partial charge in [-0.1, -0.05) is 30.1 Å². The number of carbonyl (C=O) groups excluding carboxylic acids is 1. The highest BCUT2D eigenvalue weighted by Gasteiger charge is 2.28. The molecule has 1 fully saturated rings. The Kier molecular flexibility index (Phi) is 7.16. The second kappa shape index (κ2) is 10.0. The first-order valence-corrected chi connectivity index (χ1v) is 11.1. The number of methoxy groups -OCH3 is 1. The molecule has 0 saturated carbocycles. The molecule has 1 aliphatic rings. The number of nitrogens with zero attached hydrogens (tertiary/aromatic N) is 1. The lowest BCUT2D eigenvalue weighted by atomic mass is 9.97. The van der Waals surface area contributed by atoms with Crippen molar-refractivity contribution in [3.05, 3.63) is 69.8 Å². The Morgan fingerprint density at radius 3 is 2.66 bits per heavy atom. The van der Waals surface area contributed by atoms with E-state index in [0.717, 1.165) is 28.6 Å². The van der Waals surface area contributed by atoms with E-state index in [-0.39, 0.29) is 24.2 Å². The van der Waals surface area contributed by atoms with Gasteiger partial charge in [-0.05, 0) is 54.4 Å². The van der Waals surface area contributed by atoms with E-state index in [1.54, 1.807) is 25.3 Å². The van der Waals surface area contributed by atoms with Crippen molar-refractivity contribution in [2.45, 2.75) is 25.7 Å². The Morgan fingerprint density at radius 1 is 1.16 bits per heavy atom. The van der Waals surface area contributed by atoms with Gasteiger partial charge in [-0.25, -0.2) is 0 Å². The van der Waals surface area contributed by atoms with Crippen molar-refractivity contribution in [2.24, 2.45) is 5.92 Å². The van der Waals surface area contributed by atoms with Crippen LogP contribution >= 0.6 is 23.2 Å². The summed E-state index contributed by atoms with van der Waals surface area (Å²) in [7, 11) is 1.65. The number of amides is 1. The molecule has 1 amide bonds. The topological polar surface area (TPSA) is 69.7 Å². The summed E-state index contributed by atoms with van der Waals surface area (Å²) in [5, 5.41) is 4.72. The van der Waals surface area contributed by atoms with Gasteiger partial charge in [0.25, 0.3) is 5.91 Å². The van der Waals surface area contributed by atoms with Crippen LogP contribution in [0.25, 0.3) is 10.9 Å². The first kappa shape index (κ1) is 22.8. The number of ether oxygens (including phenoxy) is 3. The highest BCUT2D eigenvalue weighted by molar-refractivity contribution is 6.42. The number of pyridine rings is 1. The molecule has 1 atom stereocenters. The molecule has 0 spiro atoms. The van der Waals surface area contributed by atoms with E-state index in [2.05, 4.69) is 17.2 Å². The van der Waals surface area contributed by atoms with Crippen molar-refractivity contribution >= 4 is 40.0 Å². The minimum atomic E-state index is -0.359. The highest BCUT2D eigenvalue weighted by Crippen LogP contribution is 2.27. The summed E-state index contributed by atoms with van der Waals surface area (Å²) in [6, 6.07) is 12.4. The summed E-state index contributed by atoms with van der Waals surface area (Å²) in [4.78, 5) is 16.9. The first-order valence-electron chi connectivity index (χ1n) is 10.4. The monoisotopic (exact) mass is 474 g/mol. The van der Waals surface area contributed by atoms with E-state index in [9.17, 15) is 4.79 Å². The molecule has 32 heavy (non-hydrogen) atoms. The lowest BCUT2D eigenvalue weighted by Gasteiger charge is -2.33. The van der Waals surface area contributed by atoms with Gasteiger partial charge in [-0.3, -0.25) is 9.78 Å². The molecule has 1 N–H and O–H groups in total. The van der Waals surface area contributed by atoms with Crippen LogP contribution < -0.4 is 10.1 Å². The molecule has 1 aromatic heterocycles. The van der Waals surface area contributed by atoms with Gasteiger partial charge in [-0.2, -0.15) is 0 Å². The number of hydrogen-bond acceptors (Lipinski definition) is 5. The largest absolute Gasteiger partial charge is 0.497 e. The van der Waals surface area contributed by atoms with Crippen LogP contribution in [0.4, 0.5) is 0 Å². The van der Waals surface area contributed by atoms with Gasteiger partial charge >= 0.3 is 0 Å². The van der Waals surface area contributed by atoms with Gasteiger partial charge in [0.05, 0.1) is 41.9 Å². The summed E-state index contributed by atoms with van der Waals surface area (Å²) in [6.07, 6.45) is 2.22. The number of carbonyl (C=O) groups is 1. The number of nitrogens with one attached hydrogen (secondary N) is 1. The zero-order valence-electron chi connectivity index (χ0n) is 17.8. The summed E-state index contributed by atoms with van der Waals surface area (Å²) in [5.74, 6) is 0.660. The molecule has 0 radical (unpaired) electrons. The van der Waals surface area contributed by atoms with E-state index in [1.165, 1.54) is 0 Å². The average Bonchev–Trinajstić information content (AvgIpc) is 2.81. The second-order valence-corrected chi connectivity index (χ2v) is 8.68. The Labute approximate surface area is 196 Å². The third-order valence-corrected chi connectivity index (χ3v) is 6.22. The molecular formula is C24H24Cl2N2O4. The zero-order chi connectivity index (χ0) is 22.7. The van der Waals surface area contributed by atoms with Crippen LogP contribution in [-0.2, 0) is 15.9 Å². The van der Waals surface area contributed by atoms with E-state index < -0.39 is 0 Å². The number of fused-ring (bicyclic) bond motifs is 1.